The minimum absolute atomic E-state index is 0.0564. The quantitative estimate of drug-likeness (QED) is 0.650. The lowest BCUT2D eigenvalue weighted by atomic mass is 9.83. The van der Waals surface area contributed by atoms with E-state index in [2.05, 4.69) is 0 Å². The van der Waals surface area contributed by atoms with Gasteiger partial charge < -0.3 is 14.7 Å². The second kappa shape index (κ2) is 10.00. The molecule has 0 bridgehead atoms. The highest BCUT2D eigenvalue weighted by molar-refractivity contribution is 6.30. The van der Waals surface area contributed by atoms with E-state index in [4.69, 9.17) is 11.6 Å². The zero-order valence-electron chi connectivity index (χ0n) is 19.4. The third kappa shape index (κ3) is 4.88. The van der Waals surface area contributed by atoms with Crippen molar-refractivity contribution in [2.45, 2.75) is 57.9 Å². The second-order valence-electron chi connectivity index (χ2n) is 9.62. The smallest absolute Gasteiger partial charge is 0.225 e. The van der Waals surface area contributed by atoms with Gasteiger partial charge in [0, 0.05) is 57.4 Å². The number of benzene rings is 1. The Bertz CT molecular complexity index is 914. The number of amides is 3. The van der Waals surface area contributed by atoms with Gasteiger partial charge in [-0.2, -0.15) is 0 Å². The first kappa shape index (κ1) is 24.0. The molecule has 6 nitrogen and oxygen atoms in total. The van der Waals surface area contributed by atoms with Gasteiger partial charge in [-0.15, -0.1) is 0 Å². The summed E-state index contributed by atoms with van der Waals surface area (Å²) < 4.78 is 14.2. The van der Waals surface area contributed by atoms with Crippen LogP contribution < -0.4 is 0 Å². The van der Waals surface area contributed by atoms with Crippen LogP contribution in [0.3, 0.4) is 0 Å². The van der Waals surface area contributed by atoms with Gasteiger partial charge in [-0.1, -0.05) is 24.1 Å². The van der Waals surface area contributed by atoms with Crippen LogP contribution >= 0.6 is 11.6 Å². The fraction of sp³-hybridized carbons (Fsp3) is 0.640. The molecule has 3 aliphatic rings. The summed E-state index contributed by atoms with van der Waals surface area (Å²) >= 11 is 5.88. The highest BCUT2D eigenvalue weighted by atomic mass is 35.5. The van der Waals surface area contributed by atoms with Crippen LogP contribution in [0.15, 0.2) is 18.2 Å². The molecule has 0 radical (unpaired) electrons. The largest absolute Gasteiger partial charge is 0.342 e. The van der Waals surface area contributed by atoms with Gasteiger partial charge in [0.25, 0.3) is 0 Å². The number of hydrogen-bond acceptors (Lipinski definition) is 3. The van der Waals surface area contributed by atoms with Crippen LogP contribution in [0.5, 0.6) is 0 Å². The molecule has 1 aromatic rings. The first-order valence-corrected chi connectivity index (χ1v) is 12.5. The predicted molar refractivity (Wildman–Crippen MR) is 124 cm³/mol. The van der Waals surface area contributed by atoms with Gasteiger partial charge in [0.2, 0.25) is 17.7 Å². The van der Waals surface area contributed by atoms with Gasteiger partial charge in [0.05, 0.1) is 11.1 Å². The number of carbonyl (C=O) groups excluding carboxylic acids is 3. The lowest BCUT2D eigenvalue weighted by Gasteiger charge is -2.37. The zero-order valence-corrected chi connectivity index (χ0v) is 20.2. The molecule has 2 aliphatic heterocycles. The first-order chi connectivity index (χ1) is 15.8. The summed E-state index contributed by atoms with van der Waals surface area (Å²) in [7, 11) is 0. The van der Waals surface area contributed by atoms with E-state index < -0.39 is 5.82 Å². The number of nitrogens with zero attached hydrogens (tertiary/aromatic N) is 3. The maximum Gasteiger partial charge on any atom is 0.225 e. The third-order valence-electron chi connectivity index (χ3n) is 7.73. The summed E-state index contributed by atoms with van der Waals surface area (Å²) in [5.74, 6) is -0.338. The molecule has 3 amide bonds. The molecular formula is C25H33ClFN3O3. The lowest BCUT2D eigenvalue weighted by Crippen LogP contribution is -2.47. The van der Waals surface area contributed by atoms with Crippen LogP contribution in [0.2, 0.25) is 5.02 Å². The topological polar surface area (TPSA) is 60.9 Å². The number of carbonyl (C=O) groups is 3. The Labute approximate surface area is 200 Å². The lowest BCUT2D eigenvalue weighted by molar-refractivity contribution is -0.143. The Morgan fingerprint density at radius 1 is 1.03 bits per heavy atom. The molecule has 180 valence electrons. The molecule has 33 heavy (non-hydrogen) atoms. The summed E-state index contributed by atoms with van der Waals surface area (Å²) in [5, 5.41) is 0.0587. The predicted octanol–water partition coefficient (Wildman–Crippen LogP) is 3.68. The Morgan fingerprint density at radius 2 is 1.67 bits per heavy atom. The molecule has 0 N–H and O–H groups in total. The first-order valence-electron chi connectivity index (χ1n) is 12.1. The average Bonchev–Trinajstić information content (AvgIpc) is 3.19. The SMILES string of the molecule is CCN(C(C)=O)[C@@H]1CN(C(=O)C2CCN(C(=O)C3CCC3)CC2)C[C@H]1c1ccc(Cl)c(F)c1. The van der Waals surface area contributed by atoms with Crippen molar-refractivity contribution >= 4 is 29.3 Å². The number of piperidine rings is 1. The summed E-state index contributed by atoms with van der Waals surface area (Å²) in [6, 6.07) is 4.53. The highest BCUT2D eigenvalue weighted by Crippen LogP contribution is 2.35. The molecular weight excluding hydrogens is 445 g/mol. The molecule has 1 aromatic carbocycles. The Balaban J connectivity index is 1.46. The number of likely N-dealkylation sites (tertiary alicyclic amines) is 2. The van der Waals surface area contributed by atoms with Crippen molar-refractivity contribution in [2.75, 3.05) is 32.7 Å². The fourth-order valence-corrected chi connectivity index (χ4v) is 5.68. The molecule has 4 rings (SSSR count). The van der Waals surface area contributed by atoms with Gasteiger partial charge in [-0.3, -0.25) is 14.4 Å². The van der Waals surface area contributed by atoms with Crippen LogP contribution in [0.1, 0.15) is 57.4 Å². The number of rotatable bonds is 5. The minimum Gasteiger partial charge on any atom is -0.342 e. The van der Waals surface area contributed by atoms with Crippen molar-refractivity contribution in [3.63, 3.8) is 0 Å². The summed E-state index contributed by atoms with van der Waals surface area (Å²) in [6.07, 6.45) is 4.45. The summed E-state index contributed by atoms with van der Waals surface area (Å²) in [4.78, 5) is 43.8. The molecule has 8 heteroatoms. The Kier molecular flexibility index (Phi) is 7.27. The van der Waals surface area contributed by atoms with Crippen molar-refractivity contribution in [3.05, 3.63) is 34.6 Å². The number of likely N-dealkylation sites (N-methyl/N-ethyl adjacent to an activating group) is 1. The van der Waals surface area contributed by atoms with Crippen molar-refractivity contribution in [1.29, 1.82) is 0 Å². The van der Waals surface area contributed by atoms with E-state index in [0.717, 1.165) is 24.8 Å². The van der Waals surface area contributed by atoms with Gasteiger partial charge in [-0.25, -0.2) is 4.39 Å². The third-order valence-corrected chi connectivity index (χ3v) is 8.03. The van der Waals surface area contributed by atoms with Crippen LogP contribution in [-0.2, 0) is 14.4 Å². The molecule has 3 fully saturated rings. The molecule has 1 aliphatic carbocycles. The average molecular weight is 478 g/mol. The van der Waals surface area contributed by atoms with Crippen LogP contribution in [0.4, 0.5) is 4.39 Å². The standard InChI is InChI=1S/C25H33ClFN3O3/c1-3-30(16(2)31)23-15-29(14-20(23)19-7-8-21(26)22(27)13-19)25(33)18-9-11-28(12-10-18)24(32)17-5-4-6-17/h7-8,13,17-18,20,23H,3-6,9-12,14-15H2,1-2H3/t20-,23+/m0/s1. The van der Waals surface area contributed by atoms with Gasteiger partial charge >= 0.3 is 0 Å². The molecule has 2 heterocycles. The van der Waals surface area contributed by atoms with E-state index >= 15 is 0 Å². The van der Waals surface area contributed by atoms with Crippen molar-refractivity contribution in [3.8, 4) is 0 Å². The summed E-state index contributed by atoms with van der Waals surface area (Å²) in [6.45, 7) is 6.10. The number of hydrogen-bond donors (Lipinski definition) is 0. The van der Waals surface area contributed by atoms with E-state index in [9.17, 15) is 18.8 Å². The molecule has 0 unspecified atom stereocenters. The monoisotopic (exact) mass is 477 g/mol. The van der Waals surface area contributed by atoms with E-state index in [0.29, 0.717) is 45.6 Å². The fourth-order valence-electron chi connectivity index (χ4n) is 5.56. The Morgan fingerprint density at radius 3 is 2.21 bits per heavy atom. The van der Waals surface area contributed by atoms with Gasteiger partial charge in [0.1, 0.15) is 5.82 Å². The van der Waals surface area contributed by atoms with E-state index in [1.54, 1.807) is 11.0 Å². The molecule has 0 aromatic heterocycles. The summed E-state index contributed by atoms with van der Waals surface area (Å²) in [5.41, 5.74) is 0.748. The minimum atomic E-state index is -0.493. The normalized spacial score (nSPS) is 24.0. The van der Waals surface area contributed by atoms with Gasteiger partial charge in [-0.05, 0) is 50.3 Å². The van der Waals surface area contributed by atoms with Crippen LogP contribution in [0.25, 0.3) is 0 Å². The van der Waals surface area contributed by atoms with Crippen molar-refractivity contribution < 1.29 is 18.8 Å². The van der Waals surface area contributed by atoms with Crippen LogP contribution in [0, 0.1) is 17.7 Å². The maximum atomic E-state index is 14.2. The molecule has 1 saturated carbocycles. The molecule has 2 atom stereocenters. The van der Waals surface area contributed by atoms with Crippen LogP contribution in [-0.4, -0.2) is 71.2 Å². The molecule has 2 saturated heterocycles. The Hall–Kier alpha value is -2.15. The van der Waals surface area contributed by atoms with E-state index in [1.807, 2.05) is 16.7 Å². The van der Waals surface area contributed by atoms with E-state index in [-0.39, 0.29) is 46.5 Å². The number of halogens is 2. The van der Waals surface area contributed by atoms with Gasteiger partial charge in [0.15, 0.2) is 0 Å². The maximum absolute atomic E-state index is 14.2. The van der Waals surface area contributed by atoms with E-state index in [1.165, 1.54) is 19.1 Å². The highest BCUT2D eigenvalue weighted by Gasteiger charge is 2.42. The zero-order chi connectivity index (χ0) is 23.7. The second-order valence-corrected chi connectivity index (χ2v) is 10.0. The van der Waals surface area contributed by atoms with Crippen molar-refractivity contribution in [2.24, 2.45) is 11.8 Å². The molecule has 0 spiro atoms. The van der Waals surface area contributed by atoms with Crippen molar-refractivity contribution in [1.82, 2.24) is 14.7 Å².